The van der Waals surface area contributed by atoms with Crippen LogP contribution in [0.1, 0.15) is 10.5 Å². The molecule has 2 aromatic rings. The Bertz CT molecular complexity index is 772. The first-order valence-corrected chi connectivity index (χ1v) is 8.44. The van der Waals surface area contributed by atoms with Gasteiger partial charge in [0.15, 0.2) is 0 Å². The second kappa shape index (κ2) is 6.00. The van der Waals surface area contributed by atoms with Crippen LogP contribution in [0.4, 0.5) is 5.82 Å². The third kappa shape index (κ3) is 3.72. The zero-order valence-corrected chi connectivity index (χ0v) is 13.6. The Morgan fingerprint density at radius 2 is 2.00 bits per heavy atom. The molecule has 0 radical (unpaired) electrons. The fourth-order valence-corrected chi connectivity index (χ4v) is 3.95. The van der Waals surface area contributed by atoms with Crippen molar-refractivity contribution in [2.75, 3.05) is 18.8 Å². The van der Waals surface area contributed by atoms with Gasteiger partial charge in [0.2, 0.25) is 0 Å². The number of aromatic nitrogens is 1. The van der Waals surface area contributed by atoms with E-state index < -0.39 is 10.0 Å². The first-order chi connectivity index (χ1) is 9.79. The molecule has 2 heterocycles. The standard InChI is InChI=1S/C12H12ClN3O3S2/c1-16(2)12(17)8-4-3-5-10(14-8)15-21(18,19)11-7-6-9(13)20-11/h3-7H,1-2H3,(H,14,15). The predicted octanol–water partition coefficient (Wildman–Crippen LogP) is 2.30. The second-order valence-corrected chi connectivity index (χ2v) is 7.90. The maximum atomic E-state index is 12.1. The minimum atomic E-state index is -3.76. The number of nitrogens with one attached hydrogen (secondary N) is 1. The van der Waals surface area contributed by atoms with Crippen LogP contribution in [-0.4, -0.2) is 38.3 Å². The fourth-order valence-electron chi connectivity index (χ4n) is 1.47. The number of thiophene rings is 1. The first kappa shape index (κ1) is 15.7. The Morgan fingerprint density at radius 3 is 2.57 bits per heavy atom. The molecule has 0 aromatic carbocycles. The van der Waals surface area contributed by atoms with Gasteiger partial charge in [-0.2, -0.15) is 0 Å². The Morgan fingerprint density at radius 1 is 1.29 bits per heavy atom. The second-order valence-electron chi connectivity index (χ2n) is 4.27. The van der Waals surface area contributed by atoms with Crippen molar-refractivity contribution in [2.45, 2.75) is 4.21 Å². The summed E-state index contributed by atoms with van der Waals surface area (Å²) in [6, 6.07) is 7.45. The van der Waals surface area contributed by atoms with Crippen LogP contribution in [0.15, 0.2) is 34.5 Å². The third-order valence-corrected chi connectivity index (χ3v) is 5.50. The Labute approximate surface area is 131 Å². The largest absolute Gasteiger partial charge is 0.343 e. The van der Waals surface area contributed by atoms with Gasteiger partial charge in [0.1, 0.15) is 15.7 Å². The molecule has 0 spiro atoms. The number of sulfonamides is 1. The lowest BCUT2D eigenvalue weighted by molar-refractivity contribution is 0.0822. The van der Waals surface area contributed by atoms with E-state index in [9.17, 15) is 13.2 Å². The van der Waals surface area contributed by atoms with Crippen molar-refractivity contribution < 1.29 is 13.2 Å². The number of hydrogen-bond acceptors (Lipinski definition) is 5. The van der Waals surface area contributed by atoms with Crippen molar-refractivity contribution >= 4 is 44.7 Å². The fraction of sp³-hybridized carbons (Fsp3) is 0.167. The SMILES string of the molecule is CN(C)C(=O)c1cccc(NS(=O)(=O)c2ccc(Cl)s2)n1. The van der Waals surface area contributed by atoms with Crippen molar-refractivity contribution in [3.8, 4) is 0 Å². The van der Waals surface area contributed by atoms with E-state index in [4.69, 9.17) is 11.6 Å². The molecule has 0 unspecified atom stereocenters. The zero-order valence-electron chi connectivity index (χ0n) is 11.2. The van der Waals surface area contributed by atoms with E-state index in [1.54, 1.807) is 20.2 Å². The van der Waals surface area contributed by atoms with Gasteiger partial charge < -0.3 is 4.90 Å². The summed E-state index contributed by atoms with van der Waals surface area (Å²) >= 11 is 6.67. The van der Waals surface area contributed by atoms with Crippen LogP contribution in [0.3, 0.4) is 0 Å². The van der Waals surface area contributed by atoms with E-state index in [2.05, 4.69) is 9.71 Å². The average Bonchev–Trinajstić information content (AvgIpc) is 2.85. The van der Waals surface area contributed by atoms with E-state index in [-0.39, 0.29) is 21.6 Å². The van der Waals surface area contributed by atoms with Crippen LogP contribution < -0.4 is 4.72 Å². The highest BCUT2D eigenvalue weighted by atomic mass is 35.5. The molecule has 21 heavy (non-hydrogen) atoms. The third-order valence-electron chi connectivity index (χ3n) is 2.43. The van der Waals surface area contributed by atoms with Crippen LogP contribution in [0.2, 0.25) is 4.34 Å². The Balaban J connectivity index is 2.28. The molecule has 2 aromatic heterocycles. The Kier molecular flexibility index (Phi) is 4.50. The molecule has 0 atom stereocenters. The molecule has 2 rings (SSSR count). The molecule has 0 aliphatic rings. The van der Waals surface area contributed by atoms with Crippen molar-refractivity contribution in [1.29, 1.82) is 0 Å². The number of carbonyl (C=O) groups is 1. The van der Waals surface area contributed by atoms with Crippen LogP contribution >= 0.6 is 22.9 Å². The van der Waals surface area contributed by atoms with E-state index >= 15 is 0 Å². The molecule has 0 bridgehead atoms. The molecular weight excluding hydrogens is 334 g/mol. The molecule has 0 aliphatic carbocycles. The molecule has 0 fully saturated rings. The summed E-state index contributed by atoms with van der Waals surface area (Å²) < 4.78 is 27.1. The molecule has 6 nitrogen and oxygen atoms in total. The van der Waals surface area contributed by atoms with Crippen LogP contribution in [-0.2, 0) is 10.0 Å². The summed E-state index contributed by atoms with van der Waals surface area (Å²) in [5.41, 5.74) is 0.157. The van der Waals surface area contributed by atoms with Crippen LogP contribution in [0.5, 0.6) is 0 Å². The zero-order chi connectivity index (χ0) is 15.6. The van der Waals surface area contributed by atoms with Gasteiger partial charge in [0, 0.05) is 14.1 Å². The summed E-state index contributed by atoms with van der Waals surface area (Å²) in [6.45, 7) is 0. The summed E-state index contributed by atoms with van der Waals surface area (Å²) in [7, 11) is -0.575. The lowest BCUT2D eigenvalue weighted by Crippen LogP contribution is -2.23. The van der Waals surface area contributed by atoms with Crippen molar-refractivity contribution in [3.63, 3.8) is 0 Å². The van der Waals surface area contributed by atoms with Gasteiger partial charge in [0.05, 0.1) is 4.34 Å². The minimum absolute atomic E-state index is 0.0761. The van der Waals surface area contributed by atoms with Gasteiger partial charge in [0.25, 0.3) is 15.9 Å². The van der Waals surface area contributed by atoms with E-state index in [1.807, 2.05) is 0 Å². The monoisotopic (exact) mass is 345 g/mol. The highest BCUT2D eigenvalue weighted by molar-refractivity contribution is 7.94. The highest BCUT2D eigenvalue weighted by Crippen LogP contribution is 2.26. The molecule has 0 aliphatic heterocycles. The predicted molar refractivity (Wildman–Crippen MR) is 82.4 cm³/mol. The number of nitrogens with zero attached hydrogens (tertiary/aromatic N) is 2. The highest BCUT2D eigenvalue weighted by Gasteiger charge is 2.18. The minimum Gasteiger partial charge on any atom is -0.343 e. The number of hydrogen-bond donors (Lipinski definition) is 1. The van der Waals surface area contributed by atoms with E-state index in [1.165, 1.54) is 29.2 Å². The molecule has 9 heteroatoms. The first-order valence-electron chi connectivity index (χ1n) is 5.76. The maximum Gasteiger partial charge on any atom is 0.272 e. The van der Waals surface area contributed by atoms with Gasteiger partial charge in [-0.25, -0.2) is 13.4 Å². The number of anilines is 1. The van der Waals surface area contributed by atoms with Crippen molar-refractivity contribution in [3.05, 3.63) is 40.4 Å². The molecule has 1 amide bonds. The molecule has 0 saturated carbocycles. The normalized spacial score (nSPS) is 11.2. The van der Waals surface area contributed by atoms with Crippen LogP contribution in [0.25, 0.3) is 0 Å². The molecule has 112 valence electrons. The van der Waals surface area contributed by atoms with Gasteiger partial charge in [-0.15, -0.1) is 11.3 Å². The van der Waals surface area contributed by atoms with Crippen molar-refractivity contribution in [1.82, 2.24) is 9.88 Å². The number of halogens is 1. The lowest BCUT2D eigenvalue weighted by atomic mass is 10.3. The number of rotatable bonds is 4. The Hall–Kier alpha value is -1.64. The van der Waals surface area contributed by atoms with Crippen LogP contribution in [0, 0.1) is 0 Å². The summed E-state index contributed by atoms with van der Waals surface area (Å²) in [6.07, 6.45) is 0. The number of carbonyl (C=O) groups excluding carboxylic acids is 1. The summed E-state index contributed by atoms with van der Waals surface area (Å²) in [4.78, 5) is 17.2. The summed E-state index contributed by atoms with van der Waals surface area (Å²) in [5.74, 6) is -0.234. The lowest BCUT2D eigenvalue weighted by Gasteiger charge is -2.11. The smallest absolute Gasteiger partial charge is 0.272 e. The molecular formula is C12H12ClN3O3S2. The number of amides is 1. The van der Waals surface area contributed by atoms with Gasteiger partial charge in [-0.1, -0.05) is 17.7 Å². The maximum absolute atomic E-state index is 12.1. The van der Waals surface area contributed by atoms with E-state index in [0.29, 0.717) is 4.34 Å². The van der Waals surface area contributed by atoms with Crippen molar-refractivity contribution in [2.24, 2.45) is 0 Å². The quantitative estimate of drug-likeness (QED) is 0.922. The van der Waals surface area contributed by atoms with Gasteiger partial charge in [-0.05, 0) is 24.3 Å². The molecule has 0 saturated heterocycles. The van der Waals surface area contributed by atoms with E-state index in [0.717, 1.165) is 11.3 Å². The topological polar surface area (TPSA) is 79.4 Å². The molecule has 1 N–H and O–H groups in total. The van der Waals surface area contributed by atoms with Gasteiger partial charge in [-0.3, -0.25) is 9.52 Å². The summed E-state index contributed by atoms with van der Waals surface area (Å²) in [5, 5.41) is 0. The van der Waals surface area contributed by atoms with Gasteiger partial charge >= 0.3 is 0 Å². The average molecular weight is 346 g/mol. The number of pyridine rings is 1.